The van der Waals surface area contributed by atoms with Crippen LogP contribution in [-0.2, 0) is 0 Å². The molecule has 0 aliphatic carbocycles. The third kappa shape index (κ3) is 1.92. The minimum atomic E-state index is -2.46. The van der Waals surface area contributed by atoms with Crippen LogP contribution in [0.5, 0.6) is 0 Å². The van der Waals surface area contributed by atoms with Crippen LogP contribution in [-0.4, -0.2) is 33.1 Å². The number of aromatic nitrogens is 4. The molecule has 0 bridgehead atoms. The highest BCUT2D eigenvalue weighted by Crippen LogP contribution is 2.18. The van der Waals surface area contributed by atoms with Crippen molar-refractivity contribution in [3.05, 3.63) is 6.20 Å². The van der Waals surface area contributed by atoms with Crippen LogP contribution in [0.25, 0.3) is 11.0 Å². The number of nitrogens with zero attached hydrogens (tertiary/aromatic N) is 3. The Bertz CT molecular complexity index is 467. The number of alkyl halides is 2. The van der Waals surface area contributed by atoms with Gasteiger partial charge in [0.15, 0.2) is 5.65 Å². The smallest absolute Gasteiger partial charge is 0.255 e. The molecular weight excluding hydrogens is 206 g/mol. The largest absolute Gasteiger partial charge is 0.368 e. The molecule has 4 N–H and O–H groups in total. The molecule has 0 saturated heterocycles. The topological polar surface area (TPSA) is 92.5 Å². The summed E-state index contributed by atoms with van der Waals surface area (Å²) in [7, 11) is 0. The molecule has 2 heterocycles. The number of nitrogen functional groups attached to an aromatic ring is 1. The number of nitrogens with one attached hydrogen (secondary N) is 2. The first-order valence-electron chi connectivity index (χ1n) is 4.15. The first kappa shape index (κ1) is 9.56. The minimum Gasteiger partial charge on any atom is -0.368 e. The van der Waals surface area contributed by atoms with Gasteiger partial charge in [-0.25, -0.2) is 8.78 Å². The number of H-pyrrole nitrogens is 1. The van der Waals surface area contributed by atoms with Crippen molar-refractivity contribution in [2.45, 2.75) is 6.43 Å². The molecule has 0 aliphatic heterocycles. The summed E-state index contributed by atoms with van der Waals surface area (Å²) in [4.78, 5) is 7.65. The van der Waals surface area contributed by atoms with Gasteiger partial charge in [-0.05, 0) is 0 Å². The van der Waals surface area contributed by atoms with Gasteiger partial charge in [-0.2, -0.15) is 15.1 Å². The van der Waals surface area contributed by atoms with Gasteiger partial charge in [0, 0.05) is 0 Å². The predicted molar refractivity (Wildman–Crippen MR) is 50.6 cm³/mol. The SMILES string of the molecule is Nc1nc(NCC(F)F)c2cn[nH]c2n1. The van der Waals surface area contributed by atoms with Crippen molar-refractivity contribution in [3.8, 4) is 0 Å². The Balaban J connectivity index is 2.35. The Hall–Kier alpha value is -1.99. The van der Waals surface area contributed by atoms with Gasteiger partial charge in [-0.1, -0.05) is 0 Å². The van der Waals surface area contributed by atoms with E-state index in [4.69, 9.17) is 5.73 Å². The molecule has 2 aromatic rings. The van der Waals surface area contributed by atoms with E-state index >= 15 is 0 Å². The Morgan fingerprint density at radius 2 is 2.27 bits per heavy atom. The lowest BCUT2D eigenvalue weighted by Gasteiger charge is -2.05. The number of hydrogen-bond donors (Lipinski definition) is 3. The van der Waals surface area contributed by atoms with E-state index < -0.39 is 13.0 Å². The molecule has 2 rings (SSSR count). The van der Waals surface area contributed by atoms with Crippen LogP contribution in [0.2, 0.25) is 0 Å². The highest BCUT2D eigenvalue weighted by molar-refractivity contribution is 5.86. The van der Waals surface area contributed by atoms with Crippen molar-refractivity contribution < 1.29 is 8.78 Å². The standard InChI is InChI=1S/C7H8F2N6/c8-4(9)2-11-5-3-1-12-15-6(3)14-7(10)13-5/h1,4H,2H2,(H4,10,11,12,13,14,15). The number of nitrogens with two attached hydrogens (primary N) is 1. The van der Waals surface area contributed by atoms with E-state index in [0.29, 0.717) is 11.0 Å². The maximum absolute atomic E-state index is 12.0. The highest BCUT2D eigenvalue weighted by Gasteiger charge is 2.09. The monoisotopic (exact) mass is 214 g/mol. The molecule has 0 aliphatic rings. The van der Waals surface area contributed by atoms with Gasteiger partial charge in [-0.3, -0.25) is 5.10 Å². The van der Waals surface area contributed by atoms with Crippen LogP contribution in [0, 0.1) is 0 Å². The molecule has 8 heteroatoms. The van der Waals surface area contributed by atoms with Crippen molar-refractivity contribution in [1.29, 1.82) is 0 Å². The van der Waals surface area contributed by atoms with E-state index in [0.717, 1.165) is 0 Å². The first-order chi connectivity index (χ1) is 7.16. The molecule has 2 aromatic heterocycles. The zero-order chi connectivity index (χ0) is 10.8. The molecule has 0 unspecified atom stereocenters. The van der Waals surface area contributed by atoms with Gasteiger partial charge in [0.1, 0.15) is 5.82 Å². The summed E-state index contributed by atoms with van der Waals surface area (Å²) in [6.07, 6.45) is -1.01. The molecule has 6 nitrogen and oxygen atoms in total. The van der Waals surface area contributed by atoms with E-state index in [1.165, 1.54) is 6.20 Å². The average Bonchev–Trinajstić information content (AvgIpc) is 2.61. The Labute approximate surface area is 82.9 Å². The summed E-state index contributed by atoms with van der Waals surface area (Å²) in [5.41, 5.74) is 5.81. The molecule has 0 spiro atoms. The molecule has 0 saturated carbocycles. The summed E-state index contributed by atoms with van der Waals surface area (Å²) in [6, 6.07) is 0. The third-order valence-corrected chi connectivity index (χ3v) is 1.75. The molecule has 15 heavy (non-hydrogen) atoms. The van der Waals surface area contributed by atoms with Gasteiger partial charge < -0.3 is 11.1 Å². The maximum Gasteiger partial charge on any atom is 0.255 e. The molecule has 0 radical (unpaired) electrons. The molecule has 0 aromatic carbocycles. The van der Waals surface area contributed by atoms with E-state index in [1.54, 1.807) is 0 Å². The van der Waals surface area contributed by atoms with Gasteiger partial charge in [0.2, 0.25) is 5.95 Å². The number of fused-ring (bicyclic) bond motifs is 1. The fourth-order valence-electron chi connectivity index (χ4n) is 1.16. The van der Waals surface area contributed by atoms with Crippen LogP contribution in [0.3, 0.4) is 0 Å². The summed E-state index contributed by atoms with van der Waals surface area (Å²) in [5, 5.41) is 9.30. The predicted octanol–water partition coefficient (Wildman–Crippen LogP) is 0.612. The Morgan fingerprint density at radius 1 is 1.47 bits per heavy atom. The minimum absolute atomic E-state index is 0.00326. The fraction of sp³-hybridized carbons (Fsp3) is 0.286. The van der Waals surface area contributed by atoms with E-state index in [1.807, 2.05) is 0 Å². The lowest BCUT2D eigenvalue weighted by molar-refractivity contribution is 0.163. The number of hydrogen-bond acceptors (Lipinski definition) is 5. The zero-order valence-electron chi connectivity index (χ0n) is 7.54. The summed E-state index contributed by atoms with van der Waals surface area (Å²) >= 11 is 0. The average molecular weight is 214 g/mol. The van der Waals surface area contributed by atoms with Gasteiger partial charge in [0.25, 0.3) is 6.43 Å². The van der Waals surface area contributed by atoms with Crippen LogP contribution in [0.4, 0.5) is 20.5 Å². The number of anilines is 2. The molecule has 0 amide bonds. The van der Waals surface area contributed by atoms with Crippen LogP contribution < -0.4 is 11.1 Å². The summed E-state index contributed by atoms with van der Waals surface area (Å²) < 4.78 is 24.0. The normalized spacial score (nSPS) is 11.1. The summed E-state index contributed by atoms with van der Waals surface area (Å²) in [6.45, 7) is -0.489. The first-order valence-corrected chi connectivity index (χ1v) is 4.15. The van der Waals surface area contributed by atoms with Crippen molar-refractivity contribution in [2.24, 2.45) is 0 Å². The van der Waals surface area contributed by atoms with Crippen LogP contribution in [0.1, 0.15) is 0 Å². The van der Waals surface area contributed by atoms with Gasteiger partial charge in [-0.15, -0.1) is 0 Å². The van der Waals surface area contributed by atoms with Crippen LogP contribution in [0.15, 0.2) is 6.20 Å². The lowest BCUT2D eigenvalue weighted by atomic mass is 10.4. The van der Waals surface area contributed by atoms with Crippen LogP contribution >= 0.6 is 0 Å². The number of halogens is 2. The Kier molecular flexibility index (Phi) is 2.32. The quantitative estimate of drug-likeness (QED) is 0.696. The lowest BCUT2D eigenvalue weighted by Crippen LogP contribution is -2.12. The highest BCUT2D eigenvalue weighted by atomic mass is 19.3. The number of rotatable bonds is 3. The van der Waals surface area contributed by atoms with E-state index in [9.17, 15) is 8.78 Å². The summed E-state index contributed by atoms with van der Waals surface area (Å²) in [5.74, 6) is 0.259. The molecule has 80 valence electrons. The van der Waals surface area contributed by atoms with Crippen molar-refractivity contribution in [2.75, 3.05) is 17.6 Å². The van der Waals surface area contributed by atoms with Crippen molar-refractivity contribution in [3.63, 3.8) is 0 Å². The van der Waals surface area contributed by atoms with Gasteiger partial charge >= 0.3 is 0 Å². The molecule has 0 fully saturated rings. The molecule has 0 atom stereocenters. The zero-order valence-corrected chi connectivity index (χ0v) is 7.54. The fourth-order valence-corrected chi connectivity index (χ4v) is 1.16. The molecular formula is C7H8F2N6. The second-order valence-electron chi connectivity index (χ2n) is 2.83. The maximum atomic E-state index is 12.0. The van der Waals surface area contributed by atoms with E-state index in [2.05, 4.69) is 25.5 Å². The number of aromatic amines is 1. The van der Waals surface area contributed by atoms with Crippen molar-refractivity contribution >= 4 is 22.8 Å². The van der Waals surface area contributed by atoms with Crippen molar-refractivity contribution in [1.82, 2.24) is 20.2 Å². The second-order valence-corrected chi connectivity index (χ2v) is 2.83. The second kappa shape index (κ2) is 3.64. The Morgan fingerprint density at radius 3 is 3.00 bits per heavy atom. The van der Waals surface area contributed by atoms with E-state index in [-0.39, 0.29) is 11.8 Å². The van der Waals surface area contributed by atoms with Gasteiger partial charge in [0.05, 0.1) is 18.1 Å². The third-order valence-electron chi connectivity index (χ3n) is 1.75.